The molecule has 0 aliphatic carbocycles. The van der Waals surface area contributed by atoms with Crippen LogP contribution in [0.3, 0.4) is 0 Å². The highest BCUT2D eigenvalue weighted by Gasteiger charge is 2.35. The second-order valence-electron chi connectivity index (χ2n) is 8.83. The van der Waals surface area contributed by atoms with Crippen molar-refractivity contribution in [1.82, 2.24) is 0 Å². The summed E-state index contributed by atoms with van der Waals surface area (Å²) in [5, 5.41) is 0. The maximum absolute atomic E-state index is 13.8. The van der Waals surface area contributed by atoms with Crippen molar-refractivity contribution in [3.05, 3.63) is 58.9 Å². The van der Waals surface area contributed by atoms with E-state index in [9.17, 15) is 8.42 Å². The standard InChI is InChI=1S/C26H32N2O4S/c1-4-19-6-10-25-21(16-19)7-8-22(5-2)28(25)33(29,30)23-9-11-26(24(17-23)27-3)32-18-20-12-14-31-15-13-20/h6,9-11,16-17,20,22H,4-5,7-8,12-15,18H2,1-2H3. The van der Waals surface area contributed by atoms with E-state index < -0.39 is 10.0 Å². The van der Waals surface area contributed by atoms with Crippen LogP contribution in [0.25, 0.3) is 4.85 Å². The highest BCUT2D eigenvalue weighted by molar-refractivity contribution is 7.92. The molecule has 7 heteroatoms. The number of aryl methyl sites for hydroxylation is 2. The third-order valence-corrected chi connectivity index (χ3v) is 8.62. The minimum atomic E-state index is -3.82. The van der Waals surface area contributed by atoms with Crippen LogP contribution in [0, 0.1) is 12.5 Å². The summed E-state index contributed by atoms with van der Waals surface area (Å²) < 4.78 is 40.5. The Morgan fingerprint density at radius 3 is 2.61 bits per heavy atom. The lowest BCUT2D eigenvalue weighted by Crippen LogP contribution is -2.43. The molecular formula is C26H32N2O4S. The van der Waals surface area contributed by atoms with E-state index in [4.69, 9.17) is 16.0 Å². The molecule has 0 radical (unpaired) electrons. The number of fused-ring (bicyclic) bond motifs is 1. The van der Waals surface area contributed by atoms with Crippen LogP contribution in [0.15, 0.2) is 41.3 Å². The molecule has 0 amide bonds. The molecule has 33 heavy (non-hydrogen) atoms. The van der Waals surface area contributed by atoms with Crippen LogP contribution in [0.5, 0.6) is 5.75 Å². The van der Waals surface area contributed by atoms with E-state index in [-0.39, 0.29) is 16.6 Å². The zero-order chi connectivity index (χ0) is 23.4. The molecule has 2 aliphatic heterocycles. The Labute approximate surface area is 197 Å². The summed E-state index contributed by atoms with van der Waals surface area (Å²) in [4.78, 5) is 3.71. The SMILES string of the molecule is [C-]#[N+]c1cc(S(=O)(=O)N2c3ccc(CC)cc3CCC2CC)ccc1OCC1CCOCC1. The maximum Gasteiger partial charge on any atom is 0.263 e. The van der Waals surface area contributed by atoms with E-state index in [0.717, 1.165) is 63.0 Å². The van der Waals surface area contributed by atoms with E-state index in [1.807, 2.05) is 19.1 Å². The number of hydrogen-bond donors (Lipinski definition) is 0. The molecule has 4 rings (SSSR count). The van der Waals surface area contributed by atoms with Gasteiger partial charge in [0, 0.05) is 19.3 Å². The van der Waals surface area contributed by atoms with Gasteiger partial charge >= 0.3 is 0 Å². The molecular weight excluding hydrogens is 436 g/mol. The first kappa shape index (κ1) is 23.6. The molecule has 1 unspecified atom stereocenters. The fourth-order valence-electron chi connectivity index (χ4n) is 4.71. The van der Waals surface area contributed by atoms with Gasteiger partial charge in [0.1, 0.15) is 5.75 Å². The number of nitrogens with zero attached hydrogens (tertiary/aromatic N) is 2. The monoisotopic (exact) mass is 468 g/mol. The summed E-state index contributed by atoms with van der Waals surface area (Å²) in [6.45, 7) is 13.7. The second kappa shape index (κ2) is 10.1. The van der Waals surface area contributed by atoms with E-state index in [0.29, 0.717) is 18.3 Å². The van der Waals surface area contributed by atoms with Gasteiger partial charge in [-0.25, -0.2) is 13.3 Å². The molecule has 1 saturated heterocycles. The fraction of sp³-hybridized carbons (Fsp3) is 0.500. The highest BCUT2D eigenvalue weighted by Crippen LogP contribution is 2.39. The Balaban J connectivity index is 1.64. The van der Waals surface area contributed by atoms with Crippen molar-refractivity contribution < 1.29 is 17.9 Å². The normalized spacial score (nSPS) is 19.1. The number of hydrogen-bond acceptors (Lipinski definition) is 4. The molecule has 0 spiro atoms. The van der Waals surface area contributed by atoms with Crippen molar-refractivity contribution in [2.75, 3.05) is 24.1 Å². The summed E-state index contributed by atoms with van der Waals surface area (Å²) in [5.41, 5.74) is 3.27. The zero-order valence-electron chi connectivity index (χ0n) is 19.4. The van der Waals surface area contributed by atoms with Gasteiger partial charge in [-0.05, 0) is 79.8 Å². The largest absolute Gasteiger partial charge is 0.504 e. The average molecular weight is 469 g/mol. The number of ether oxygens (including phenoxy) is 2. The van der Waals surface area contributed by atoms with Crippen LogP contribution in [0.1, 0.15) is 50.7 Å². The molecule has 176 valence electrons. The number of sulfonamides is 1. The molecule has 0 bridgehead atoms. The highest BCUT2D eigenvalue weighted by atomic mass is 32.2. The Kier molecular flexibility index (Phi) is 7.26. The zero-order valence-corrected chi connectivity index (χ0v) is 20.2. The van der Waals surface area contributed by atoms with E-state index in [1.54, 1.807) is 16.4 Å². The first-order valence-corrected chi connectivity index (χ1v) is 13.3. The van der Waals surface area contributed by atoms with Gasteiger partial charge in [-0.15, -0.1) is 0 Å². The van der Waals surface area contributed by atoms with Crippen molar-refractivity contribution in [3.63, 3.8) is 0 Å². The third-order valence-electron chi connectivity index (χ3n) is 6.76. The molecule has 1 fully saturated rings. The van der Waals surface area contributed by atoms with Crippen molar-refractivity contribution in [3.8, 4) is 5.75 Å². The van der Waals surface area contributed by atoms with Gasteiger partial charge in [-0.1, -0.05) is 26.0 Å². The molecule has 1 atom stereocenters. The molecule has 2 aromatic rings. The molecule has 6 nitrogen and oxygen atoms in total. The Hall–Kier alpha value is -2.56. The summed E-state index contributed by atoms with van der Waals surface area (Å²) in [7, 11) is -3.82. The summed E-state index contributed by atoms with van der Waals surface area (Å²) >= 11 is 0. The molecule has 0 saturated carbocycles. The average Bonchev–Trinajstić information content (AvgIpc) is 2.86. The van der Waals surface area contributed by atoms with Crippen LogP contribution in [-0.4, -0.2) is 34.3 Å². The maximum atomic E-state index is 13.8. The van der Waals surface area contributed by atoms with E-state index in [2.05, 4.69) is 17.8 Å². The van der Waals surface area contributed by atoms with Gasteiger partial charge in [0.05, 0.1) is 23.8 Å². The molecule has 2 heterocycles. The number of benzene rings is 2. The number of anilines is 1. The van der Waals surface area contributed by atoms with Crippen LogP contribution in [0.4, 0.5) is 11.4 Å². The molecule has 0 N–H and O–H groups in total. The van der Waals surface area contributed by atoms with Crippen LogP contribution < -0.4 is 9.04 Å². The van der Waals surface area contributed by atoms with Crippen LogP contribution >= 0.6 is 0 Å². The van der Waals surface area contributed by atoms with E-state index >= 15 is 0 Å². The quantitative estimate of drug-likeness (QED) is 0.502. The molecule has 0 aromatic heterocycles. The summed E-state index contributed by atoms with van der Waals surface area (Å²) in [6.07, 6.45) is 5.19. The predicted octanol–water partition coefficient (Wildman–Crippen LogP) is 5.53. The minimum Gasteiger partial charge on any atom is -0.504 e. The van der Waals surface area contributed by atoms with Gasteiger partial charge < -0.3 is 9.47 Å². The van der Waals surface area contributed by atoms with Crippen LogP contribution in [0.2, 0.25) is 0 Å². The van der Waals surface area contributed by atoms with Gasteiger partial charge in [-0.3, -0.25) is 4.31 Å². The Bertz CT molecular complexity index is 1130. The molecule has 2 aliphatic rings. The first-order chi connectivity index (χ1) is 16.0. The second-order valence-corrected chi connectivity index (χ2v) is 10.6. The first-order valence-electron chi connectivity index (χ1n) is 11.9. The summed E-state index contributed by atoms with van der Waals surface area (Å²) in [6, 6.07) is 10.6. The Morgan fingerprint density at radius 2 is 1.91 bits per heavy atom. The van der Waals surface area contributed by atoms with Crippen molar-refractivity contribution in [2.24, 2.45) is 5.92 Å². The third kappa shape index (κ3) is 4.87. The minimum absolute atomic E-state index is 0.101. The lowest BCUT2D eigenvalue weighted by atomic mass is 9.94. The van der Waals surface area contributed by atoms with Gasteiger partial charge in [0.15, 0.2) is 0 Å². The van der Waals surface area contributed by atoms with Crippen LogP contribution in [-0.2, 0) is 27.6 Å². The van der Waals surface area contributed by atoms with Crippen molar-refractivity contribution >= 4 is 21.4 Å². The smallest absolute Gasteiger partial charge is 0.263 e. The molecule has 2 aromatic carbocycles. The van der Waals surface area contributed by atoms with Gasteiger partial charge in [-0.2, -0.15) is 0 Å². The van der Waals surface area contributed by atoms with Gasteiger partial charge in [0.2, 0.25) is 5.69 Å². The van der Waals surface area contributed by atoms with Crippen molar-refractivity contribution in [1.29, 1.82) is 0 Å². The van der Waals surface area contributed by atoms with E-state index in [1.165, 1.54) is 11.6 Å². The van der Waals surface area contributed by atoms with Gasteiger partial charge in [0.25, 0.3) is 10.0 Å². The lowest BCUT2D eigenvalue weighted by Gasteiger charge is -2.37. The summed E-state index contributed by atoms with van der Waals surface area (Å²) in [5.74, 6) is 0.832. The van der Waals surface area contributed by atoms with Crippen molar-refractivity contribution in [2.45, 2.75) is 63.3 Å². The Morgan fingerprint density at radius 1 is 1.12 bits per heavy atom. The fourth-order valence-corrected chi connectivity index (χ4v) is 6.52. The number of rotatable bonds is 7. The predicted molar refractivity (Wildman–Crippen MR) is 130 cm³/mol. The lowest BCUT2D eigenvalue weighted by molar-refractivity contribution is 0.0499. The topological polar surface area (TPSA) is 60.2 Å².